The van der Waals surface area contributed by atoms with Crippen LogP contribution in [0.4, 0.5) is 0 Å². The molecule has 0 unspecified atom stereocenters. The highest BCUT2D eigenvalue weighted by molar-refractivity contribution is 7.89. The van der Waals surface area contributed by atoms with Crippen molar-refractivity contribution < 1.29 is 13.5 Å². The minimum atomic E-state index is -3.76. The molecule has 130 valence electrons. The second-order valence-corrected chi connectivity index (χ2v) is 8.33. The van der Waals surface area contributed by atoms with Crippen molar-refractivity contribution in [2.24, 2.45) is 0 Å². The van der Waals surface area contributed by atoms with E-state index in [1.165, 1.54) is 18.3 Å². The summed E-state index contributed by atoms with van der Waals surface area (Å²) in [6, 6.07) is 6.41. The monoisotopic (exact) mass is 389 g/mol. The van der Waals surface area contributed by atoms with Crippen molar-refractivity contribution in [3.63, 3.8) is 0 Å². The van der Waals surface area contributed by atoms with E-state index in [4.69, 9.17) is 23.2 Å². The fourth-order valence-corrected chi connectivity index (χ4v) is 3.76. The van der Waals surface area contributed by atoms with E-state index in [0.29, 0.717) is 22.7 Å². The molecule has 24 heavy (non-hydrogen) atoms. The summed E-state index contributed by atoms with van der Waals surface area (Å²) in [6.45, 7) is 2.87. The van der Waals surface area contributed by atoms with Gasteiger partial charge in [0.05, 0.1) is 34.0 Å². The molecule has 0 fully saturated rings. The molecule has 0 aliphatic carbocycles. The van der Waals surface area contributed by atoms with Gasteiger partial charge in [-0.15, -0.1) is 0 Å². The van der Waals surface area contributed by atoms with Crippen LogP contribution in [0.15, 0.2) is 35.4 Å². The third kappa shape index (κ3) is 4.87. The molecule has 2 aromatic rings. The Labute approximate surface area is 150 Å². The van der Waals surface area contributed by atoms with E-state index in [1.54, 1.807) is 26.0 Å². The number of sulfonamides is 1. The molecule has 1 aromatic heterocycles. The second kappa shape index (κ2) is 7.33. The smallest absolute Gasteiger partial charge is 0.241 e. The number of halogens is 2. The molecule has 0 bridgehead atoms. The molecule has 2 rings (SSSR count). The lowest BCUT2D eigenvalue weighted by Crippen LogP contribution is -2.46. The van der Waals surface area contributed by atoms with E-state index >= 15 is 0 Å². The molecule has 9 heteroatoms. The number of rotatable bonds is 6. The lowest BCUT2D eigenvalue weighted by Gasteiger charge is -2.23. The van der Waals surface area contributed by atoms with E-state index in [2.05, 4.69) is 14.7 Å². The molecule has 1 aromatic carbocycles. The van der Waals surface area contributed by atoms with Crippen molar-refractivity contribution in [1.29, 1.82) is 0 Å². The molecule has 0 aliphatic heterocycles. The van der Waals surface area contributed by atoms with Crippen LogP contribution in [0.3, 0.4) is 0 Å². The van der Waals surface area contributed by atoms with Crippen LogP contribution in [0, 0.1) is 0 Å². The quantitative estimate of drug-likeness (QED) is 0.740. The summed E-state index contributed by atoms with van der Waals surface area (Å²) in [7, 11) is -3.76. The third-order valence-electron chi connectivity index (χ3n) is 3.17. The van der Waals surface area contributed by atoms with Gasteiger partial charge in [-0.3, -0.25) is 0 Å². The number of aliphatic hydroxyl groups is 1. The van der Waals surface area contributed by atoms with Crippen LogP contribution < -0.4 is 4.72 Å². The van der Waals surface area contributed by atoms with Gasteiger partial charge in [-0.25, -0.2) is 23.1 Å². The molecule has 2 N–H and O–H groups in total. The highest BCUT2D eigenvalue weighted by Gasteiger charge is 2.25. The van der Waals surface area contributed by atoms with Crippen LogP contribution in [0.2, 0.25) is 10.3 Å². The average molecular weight is 390 g/mol. The maximum absolute atomic E-state index is 12.4. The highest BCUT2D eigenvalue weighted by Crippen LogP contribution is 2.20. The van der Waals surface area contributed by atoms with Gasteiger partial charge in [0.2, 0.25) is 15.3 Å². The van der Waals surface area contributed by atoms with Gasteiger partial charge >= 0.3 is 0 Å². The van der Waals surface area contributed by atoms with E-state index in [-0.39, 0.29) is 16.8 Å². The largest absolute Gasteiger partial charge is 0.394 e. The first kappa shape index (κ1) is 19.1. The van der Waals surface area contributed by atoms with Gasteiger partial charge in [0, 0.05) is 6.42 Å². The van der Waals surface area contributed by atoms with Crippen molar-refractivity contribution in [3.05, 3.63) is 52.0 Å². The van der Waals surface area contributed by atoms with Gasteiger partial charge in [-0.05, 0) is 43.1 Å². The first-order valence-corrected chi connectivity index (χ1v) is 9.27. The van der Waals surface area contributed by atoms with Crippen LogP contribution in [-0.2, 0) is 16.4 Å². The standard InChI is InChI=1S/C15H17Cl2N3O3S/c1-15(2,9-21)20-24(22,23)11-5-3-4-10(6-11)7-13-12(16)8-18-14(17)19-13/h3-6,8,20-21H,7,9H2,1-2H3. The predicted molar refractivity (Wildman–Crippen MR) is 92.8 cm³/mol. The van der Waals surface area contributed by atoms with E-state index in [1.807, 2.05) is 0 Å². The lowest BCUT2D eigenvalue weighted by atomic mass is 10.1. The molecule has 0 aliphatic rings. The summed E-state index contributed by atoms with van der Waals surface area (Å²) in [5, 5.41) is 9.67. The zero-order valence-corrected chi connectivity index (χ0v) is 15.5. The number of hydrogen-bond donors (Lipinski definition) is 2. The topological polar surface area (TPSA) is 92.2 Å². The third-order valence-corrected chi connectivity index (χ3v) is 5.37. The van der Waals surface area contributed by atoms with Crippen LogP contribution in [-0.4, -0.2) is 35.6 Å². The van der Waals surface area contributed by atoms with Crippen LogP contribution in [0.25, 0.3) is 0 Å². The zero-order chi connectivity index (χ0) is 18.0. The molecule has 0 atom stereocenters. The summed E-state index contributed by atoms with van der Waals surface area (Å²) < 4.78 is 27.3. The minimum absolute atomic E-state index is 0.0736. The van der Waals surface area contributed by atoms with Gasteiger partial charge < -0.3 is 5.11 Å². The molecule has 0 radical (unpaired) electrons. The Kier molecular flexibility index (Phi) is 5.83. The second-order valence-electron chi connectivity index (χ2n) is 5.91. The maximum atomic E-state index is 12.4. The van der Waals surface area contributed by atoms with Gasteiger partial charge in [-0.1, -0.05) is 23.7 Å². The Balaban J connectivity index is 2.30. The number of aliphatic hydroxyl groups excluding tert-OH is 1. The Morgan fingerprint density at radius 2 is 2.00 bits per heavy atom. The molecule has 0 spiro atoms. The molecule has 1 heterocycles. The highest BCUT2D eigenvalue weighted by atomic mass is 35.5. The first-order chi connectivity index (χ1) is 11.1. The number of benzene rings is 1. The Morgan fingerprint density at radius 3 is 2.67 bits per heavy atom. The summed E-state index contributed by atoms with van der Waals surface area (Å²) >= 11 is 11.8. The van der Waals surface area contributed by atoms with Crippen LogP contribution in [0.5, 0.6) is 0 Å². The number of nitrogens with zero attached hydrogens (tertiary/aromatic N) is 2. The molecule has 0 saturated carbocycles. The van der Waals surface area contributed by atoms with Gasteiger partial charge in [-0.2, -0.15) is 0 Å². The number of aromatic nitrogens is 2. The Bertz CT molecular complexity index is 842. The summed E-state index contributed by atoms with van der Waals surface area (Å²) in [4.78, 5) is 7.93. The van der Waals surface area contributed by atoms with Gasteiger partial charge in [0.15, 0.2) is 0 Å². The van der Waals surface area contributed by atoms with E-state index < -0.39 is 15.6 Å². The molecule has 0 amide bonds. The average Bonchev–Trinajstić information content (AvgIpc) is 2.50. The van der Waals surface area contributed by atoms with Crippen LogP contribution >= 0.6 is 23.2 Å². The fourth-order valence-electron chi connectivity index (χ4n) is 1.97. The van der Waals surface area contributed by atoms with E-state index in [9.17, 15) is 13.5 Å². The SMILES string of the molecule is CC(C)(CO)NS(=O)(=O)c1cccc(Cc2nc(Cl)ncc2Cl)c1. The van der Waals surface area contributed by atoms with Crippen LogP contribution in [0.1, 0.15) is 25.1 Å². The molecule has 0 saturated heterocycles. The summed E-state index contributed by atoms with van der Waals surface area (Å²) in [5.41, 5.74) is 0.254. The van der Waals surface area contributed by atoms with Gasteiger partial charge in [0.1, 0.15) is 0 Å². The first-order valence-electron chi connectivity index (χ1n) is 7.04. The lowest BCUT2D eigenvalue weighted by molar-refractivity contribution is 0.208. The number of nitrogens with one attached hydrogen (secondary N) is 1. The zero-order valence-electron chi connectivity index (χ0n) is 13.1. The predicted octanol–water partition coefficient (Wildman–Crippen LogP) is 2.42. The Hall–Kier alpha value is -1.25. The van der Waals surface area contributed by atoms with Crippen molar-refractivity contribution in [2.75, 3.05) is 6.61 Å². The normalized spacial score (nSPS) is 12.4. The van der Waals surface area contributed by atoms with E-state index in [0.717, 1.165) is 0 Å². The number of hydrogen-bond acceptors (Lipinski definition) is 5. The Morgan fingerprint density at radius 1 is 1.29 bits per heavy atom. The maximum Gasteiger partial charge on any atom is 0.241 e. The fraction of sp³-hybridized carbons (Fsp3) is 0.333. The van der Waals surface area contributed by atoms with Crippen molar-refractivity contribution in [3.8, 4) is 0 Å². The van der Waals surface area contributed by atoms with Crippen molar-refractivity contribution >= 4 is 33.2 Å². The summed E-state index contributed by atoms with van der Waals surface area (Å²) in [6.07, 6.45) is 1.71. The minimum Gasteiger partial charge on any atom is -0.394 e. The van der Waals surface area contributed by atoms with Crippen molar-refractivity contribution in [2.45, 2.75) is 30.7 Å². The molecular formula is C15H17Cl2N3O3S. The van der Waals surface area contributed by atoms with Crippen molar-refractivity contribution in [1.82, 2.24) is 14.7 Å². The molecule has 6 nitrogen and oxygen atoms in total. The van der Waals surface area contributed by atoms with Gasteiger partial charge in [0.25, 0.3) is 0 Å². The summed E-state index contributed by atoms with van der Waals surface area (Å²) in [5.74, 6) is 0. The molecular weight excluding hydrogens is 373 g/mol.